The number of carbonyl (C=O) groups is 1. The summed E-state index contributed by atoms with van der Waals surface area (Å²) in [6.45, 7) is 0.132. The number of halogens is 1. The maximum absolute atomic E-state index is 11.6. The molecule has 4 nitrogen and oxygen atoms in total. The molecular weight excluding hydrogens is 288 g/mol. The summed E-state index contributed by atoms with van der Waals surface area (Å²) >= 11 is 5.78. The van der Waals surface area contributed by atoms with Gasteiger partial charge in [-0.3, -0.25) is 9.78 Å². The summed E-state index contributed by atoms with van der Waals surface area (Å²) in [7, 11) is 0. The number of hydrogen-bond donors (Lipinski definition) is 2. The van der Waals surface area contributed by atoms with Gasteiger partial charge in [-0.05, 0) is 35.9 Å². The second kappa shape index (κ2) is 7.57. The highest BCUT2D eigenvalue weighted by molar-refractivity contribution is 6.30. The highest BCUT2D eigenvalue weighted by Crippen LogP contribution is 2.15. The van der Waals surface area contributed by atoms with Crippen LogP contribution >= 0.6 is 11.6 Å². The fourth-order valence-corrected chi connectivity index (χ4v) is 1.82. The van der Waals surface area contributed by atoms with Crippen molar-refractivity contribution in [3.8, 4) is 0 Å². The monoisotopic (exact) mass is 302 g/mol. The molecule has 0 saturated heterocycles. The van der Waals surface area contributed by atoms with Crippen LogP contribution < -0.4 is 5.32 Å². The predicted molar refractivity (Wildman–Crippen MR) is 82.7 cm³/mol. The number of benzene rings is 1. The molecule has 1 aromatic heterocycles. The fraction of sp³-hybridized carbons (Fsp3) is 0.125. The van der Waals surface area contributed by atoms with Crippen LogP contribution in [0.4, 0.5) is 0 Å². The molecule has 1 amide bonds. The van der Waals surface area contributed by atoms with Gasteiger partial charge in [-0.1, -0.05) is 29.8 Å². The van der Waals surface area contributed by atoms with Crippen LogP contribution in [0.15, 0.2) is 54.7 Å². The zero-order valence-electron chi connectivity index (χ0n) is 11.2. The number of pyridine rings is 1. The first-order valence-electron chi connectivity index (χ1n) is 6.45. The molecule has 108 valence electrons. The average Bonchev–Trinajstić information content (AvgIpc) is 2.52. The Bertz CT molecular complexity index is 612. The van der Waals surface area contributed by atoms with E-state index in [9.17, 15) is 9.90 Å². The maximum atomic E-state index is 11.6. The molecule has 1 aromatic carbocycles. The number of nitrogens with one attached hydrogen (secondary N) is 1. The Balaban J connectivity index is 1.83. The molecule has 1 unspecified atom stereocenters. The van der Waals surface area contributed by atoms with Crippen LogP contribution in [0.5, 0.6) is 0 Å². The Morgan fingerprint density at radius 2 is 2.05 bits per heavy atom. The molecule has 5 heteroatoms. The Morgan fingerprint density at radius 1 is 1.29 bits per heavy atom. The van der Waals surface area contributed by atoms with Gasteiger partial charge in [0.25, 0.3) is 0 Å². The first-order valence-corrected chi connectivity index (χ1v) is 6.83. The molecule has 1 atom stereocenters. The van der Waals surface area contributed by atoms with Crippen molar-refractivity contribution in [1.82, 2.24) is 10.3 Å². The SMILES string of the molecule is O=C(/C=C/c1ccccn1)NCC(O)c1ccc(Cl)cc1. The van der Waals surface area contributed by atoms with Gasteiger partial charge in [-0.15, -0.1) is 0 Å². The van der Waals surface area contributed by atoms with Crippen LogP contribution in [-0.4, -0.2) is 22.5 Å². The maximum Gasteiger partial charge on any atom is 0.244 e. The number of nitrogens with zero attached hydrogens (tertiary/aromatic N) is 1. The lowest BCUT2D eigenvalue weighted by Crippen LogP contribution is -2.26. The van der Waals surface area contributed by atoms with E-state index < -0.39 is 6.10 Å². The quantitative estimate of drug-likeness (QED) is 0.835. The first-order chi connectivity index (χ1) is 10.1. The van der Waals surface area contributed by atoms with Crippen molar-refractivity contribution >= 4 is 23.6 Å². The van der Waals surface area contributed by atoms with Crippen molar-refractivity contribution in [2.45, 2.75) is 6.10 Å². The molecule has 2 aromatic rings. The topological polar surface area (TPSA) is 62.2 Å². The predicted octanol–water partition coefficient (Wildman–Crippen LogP) is 2.60. The lowest BCUT2D eigenvalue weighted by molar-refractivity contribution is -0.116. The normalized spacial score (nSPS) is 12.3. The third kappa shape index (κ3) is 5.02. The number of amides is 1. The van der Waals surface area contributed by atoms with E-state index in [0.717, 1.165) is 0 Å². The van der Waals surface area contributed by atoms with Crippen LogP contribution in [0.25, 0.3) is 6.08 Å². The van der Waals surface area contributed by atoms with E-state index in [1.54, 1.807) is 48.7 Å². The van der Waals surface area contributed by atoms with Crippen LogP contribution in [0.3, 0.4) is 0 Å². The summed E-state index contributed by atoms with van der Waals surface area (Å²) in [6, 6.07) is 12.3. The Kier molecular flexibility index (Phi) is 5.49. The van der Waals surface area contributed by atoms with Crippen molar-refractivity contribution < 1.29 is 9.90 Å². The lowest BCUT2D eigenvalue weighted by atomic mass is 10.1. The molecule has 2 rings (SSSR count). The minimum atomic E-state index is -0.769. The zero-order chi connectivity index (χ0) is 15.1. The number of carbonyl (C=O) groups excluding carboxylic acids is 1. The summed E-state index contributed by atoms with van der Waals surface area (Å²) in [5.74, 6) is -0.284. The minimum Gasteiger partial charge on any atom is -0.387 e. The summed E-state index contributed by atoms with van der Waals surface area (Å²) in [6.07, 6.45) is 3.89. The standard InChI is InChI=1S/C16H15ClN2O2/c17-13-6-4-12(5-7-13)15(20)11-19-16(21)9-8-14-3-1-2-10-18-14/h1-10,15,20H,11H2,(H,19,21)/b9-8+. The smallest absolute Gasteiger partial charge is 0.244 e. The van der Waals surface area contributed by atoms with E-state index in [-0.39, 0.29) is 12.5 Å². The average molecular weight is 303 g/mol. The number of hydrogen-bond acceptors (Lipinski definition) is 3. The van der Waals surface area contributed by atoms with Crippen molar-refractivity contribution in [3.05, 3.63) is 71.0 Å². The lowest BCUT2D eigenvalue weighted by Gasteiger charge is -2.11. The van der Waals surface area contributed by atoms with E-state index in [1.165, 1.54) is 6.08 Å². The van der Waals surface area contributed by atoms with Gasteiger partial charge in [0, 0.05) is 23.8 Å². The Morgan fingerprint density at radius 3 is 2.71 bits per heavy atom. The zero-order valence-corrected chi connectivity index (χ0v) is 12.0. The third-order valence-electron chi connectivity index (χ3n) is 2.82. The van der Waals surface area contributed by atoms with Gasteiger partial charge in [-0.25, -0.2) is 0 Å². The summed E-state index contributed by atoms with van der Waals surface area (Å²) < 4.78 is 0. The molecule has 0 saturated carbocycles. The largest absolute Gasteiger partial charge is 0.387 e. The first kappa shape index (κ1) is 15.2. The van der Waals surface area contributed by atoms with Gasteiger partial charge in [0.1, 0.15) is 0 Å². The molecule has 2 N–H and O–H groups in total. The minimum absolute atomic E-state index is 0.132. The third-order valence-corrected chi connectivity index (χ3v) is 3.07. The second-order valence-electron chi connectivity index (χ2n) is 4.40. The summed E-state index contributed by atoms with van der Waals surface area (Å²) in [5.41, 5.74) is 1.40. The van der Waals surface area contributed by atoms with E-state index in [0.29, 0.717) is 16.3 Å². The molecular formula is C16H15ClN2O2. The van der Waals surface area contributed by atoms with Crippen molar-refractivity contribution in [2.24, 2.45) is 0 Å². The second-order valence-corrected chi connectivity index (χ2v) is 4.84. The van der Waals surface area contributed by atoms with E-state index >= 15 is 0 Å². The van der Waals surface area contributed by atoms with Gasteiger partial charge in [0.2, 0.25) is 5.91 Å². The van der Waals surface area contributed by atoms with Crippen LogP contribution in [0, 0.1) is 0 Å². The molecule has 1 heterocycles. The van der Waals surface area contributed by atoms with Gasteiger partial charge < -0.3 is 10.4 Å². The molecule has 0 bridgehead atoms. The molecule has 0 aliphatic rings. The molecule has 0 radical (unpaired) electrons. The van der Waals surface area contributed by atoms with Crippen LogP contribution in [0.1, 0.15) is 17.4 Å². The highest BCUT2D eigenvalue weighted by atomic mass is 35.5. The Labute approximate surface area is 128 Å². The summed E-state index contributed by atoms with van der Waals surface area (Å²) in [4.78, 5) is 15.7. The fourth-order valence-electron chi connectivity index (χ4n) is 1.69. The molecule has 21 heavy (non-hydrogen) atoms. The van der Waals surface area contributed by atoms with Crippen LogP contribution in [-0.2, 0) is 4.79 Å². The van der Waals surface area contributed by atoms with Crippen molar-refractivity contribution in [1.29, 1.82) is 0 Å². The number of aliphatic hydroxyl groups is 1. The van der Waals surface area contributed by atoms with Crippen molar-refractivity contribution in [2.75, 3.05) is 6.54 Å². The molecule has 0 aliphatic heterocycles. The van der Waals surface area contributed by atoms with Crippen LogP contribution in [0.2, 0.25) is 5.02 Å². The molecule has 0 spiro atoms. The Hall–Kier alpha value is -2.17. The number of aromatic nitrogens is 1. The van der Waals surface area contributed by atoms with E-state index in [4.69, 9.17) is 11.6 Å². The number of rotatable bonds is 5. The van der Waals surface area contributed by atoms with Gasteiger partial charge in [-0.2, -0.15) is 0 Å². The number of aliphatic hydroxyl groups excluding tert-OH is 1. The van der Waals surface area contributed by atoms with Gasteiger partial charge >= 0.3 is 0 Å². The van der Waals surface area contributed by atoms with Gasteiger partial charge in [0.05, 0.1) is 11.8 Å². The molecule has 0 fully saturated rings. The van der Waals surface area contributed by atoms with Gasteiger partial charge in [0.15, 0.2) is 0 Å². The van der Waals surface area contributed by atoms with E-state index in [2.05, 4.69) is 10.3 Å². The summed E-state index contributed by atoms with van der Waals surface area (Å²) in [5, 5.41) is 13.2. The molecule has 0 aliphatic carbocycles. The van der Waals surface area contributed by atoms with E-state index in [1.807, 2.05) is 6.07 Å². The van der Waals surface area contributed by atoms with Crippen molar-refractivity contribution in [3.63, 3.8) is 0 Å². The highest BCUT2D eigenvalue weighted by Gasteiger charge is 2.08.